The third-order valence-corrected chi connectivity index (χ3v) is 4.08. The fourth-order valence-corrected chi connectivity index (χ4v) is 2.90. The smallest absolute Gasteiger partial charge is 0.271 e. The number of fused-ring (bicyclic) bond motifs is 2. The van der Waals surface area contributed by atoms with Crippen LogP contribution >= 0.6 is 0 Å². The molecule has 0 spiro atoms. The summed E-state index contributed by atoms with van der Waals surface area (Å²) in [7, 11) is 0. The summed E-state index contributed by atoms with van der Waals surface area (Å²) in [6, 6.07) is 11.9. The van der Waals surface area contributed by atoms with Gasteiger partial charge in [0.05, 0.1) is 22.8 Å². The van der Waals surface area contributed by atoms with Crippen LogP contribution in [-0.4, -0.2) is 22.4 Å². The highest BCUT2D eigenvalue weighted by Gasteiger charge is 2.21. The molecule has 1 N–H and O–H groups in total. The molecular weight excluding hydrogens is 324 g/mol. The number of nitrogens with one attached hydrogen (secondary N) is 1. The lowest BCUT2D eigenvalue weighted by Crippen LogP contribution is -2.24. The van der Waals surface area contributed by atoms with Crippen molar-refractivity contribution in [2.75, 3.05) is 16.8 Å². The Labute approximate surface area is 142 Å². The van der Waals surface area contributed by atoms with E-state index in [-0.39, 0.29) is 11.6 Å². The summed E-state index contributed by atoms with van der Waals surface area (Å²) in [4.78, 5) is 28.6. The largest absolute Gasteiger partial charge is 0.439 e. The highest BCUT2D eigenvalue weighted by atomic mass is 16.6. The van der Waals surface area contributed by atoms with Crippen molar-refractivity contribution in [1.82, 2.24) is 4.98 Å². The fraction of sp³-hybridized carbons (Fsp3) is 0.176. The molecular formula is C17H14N4O4. The van der Waals surface area contributed by atoms with Crippen LogP contribution in [0.2, 0.25) is 0 Å². The predicted octanol–water partition coefficient (Wildman–Crippen LogP) is 3.08. The second-order valence-electron chi connectivity index (χ2n) is 5.75. The van der Waals surface area contributed by atoms with Gasteiger partial charge in [-0.2, -0.15) is 0 Å². The topological polar surface area (TPSA) is 102 Å². The van der Waals surface area contributed by atoms with Gasteiger partial charge in [-0.25, -0.2) is 4.98 Å². The summed E-state index contributed by atoms with van der Waals surface area (Å²) >= 11 is 0. The minimum Gasteiger partial charge on any atom is -0.439 e. The lowest BCUT2D eigenvalue weighted by Gasteiger charge is -2.22. The maximum absolute atomic E-state index is 11.8. The van der Waals surface area contributed by atoms with Gasteiger partial charge in [-0.05, 0) is 18.2 Å². The van der Waals surface area contributed by atoms with E-state index in [2.05, 4.69) is 10.3 Å². The highest BCUT2D eigenvalue weighted by molar-refractivity contribution is 5.96. The fourth-order valence-electron chi connectivity index (χ4n) is 2.90. The molecule has 0 radical (unpaired) electrons. The zero-order chi connectivity index (χ0) is 17.4. The molecule has 8 heteroatoms. The molecule has 1 amide bonds. The third-order valence-electron chi connectivity index (χ3n) is 4.08. The number of hydrogen-bond donors (Lipinski definition) is 1. The zero-order valence-electron chi connectivity index (χ0n) is 13.1. The molecule has 2 aromatic carbocycles. The number of anilines is 2. The summed E-state index contributed by atoms with van der Waals surface area (Å²) in [6.07, 6.45) is 0.361. The number of oxazole rings is 1. The maximum atomic E-state index is 11.8. The molecule has 0 bridgehead atoms. The molecule has 1 aromatic heterocycles. The van der Waals surface area contributed by atoms with Crippen LogP contribution in [0.25, 0.3) is 11.1 Å². The summed E-state index contributed by atoms with van der Waals surface area (Å²) in [5.74, 6) is 0.405. The Bertz CT molecular complexity index is 982. The second kappa shape index (κ2) is 5.90. The number of carbonyl (C=O) groups excluding carboxylic acids is 1. The van der Waals surface area contributed by atoms with Crippen LogP contribution in [0, 0.1) is 10.1 Å². The number of rotatable bonds is 3. The number of para-hydroxylation sites is 2. The summed E-state index contributed by atoms with van der Waals surface area (Å²) in [5, 5.41) is 13.8. The molecule has 8 nitrogen and oxygen atoms in total. The van der Waals surface area contributed by atoms with E-state index in [0.717, 1.165) is 11.4 Å². The maximum Gasteiger partial charge on any atom is 0.271 e. The van der Waals surface area contributed by atoms with E-state index < -0.39 is 4.92 Å². The van der Waals surface area contributed by atoms with E-state index in [4.69, 9.17) is 4.42 Å². The average molecular weight is 338 g/mol. The van der Waals surface area contributed by atoms with Gasteiger partial charge in [0.15, 0.2) is 5.58 Å². The van der Waals surface area contributed by atoms with Gasteiger partial charge in [0.25, 0.3) is 5.69 Å². The van der Waals surface area contributed by atoms with Crippen molar-refractivity contribution in [1.29, 1.82) is 0 Å². The Balaban J connectivity index is 1.66. The van der Waals surface area contributed by atoms with E-state index in [1.54, 1.807) is 6.07 Å². The molecule has 3 aromatic rings. The minimum atomic E-state index is -0.462. The standard InChI is InChI=1S/C17H14N4O4/c22-16-7-8-20(14-4-2-1-3-12(14)18-16)10-17-19-13-9-11(21(23)24)5-6-15(13)25-17/h1-6,9H,7-8,10H2,(H,18,22). The highest BCUT2D eigenvalue weighted by Crippen LogP contribution is 2.30. The number of amides is 1. The van der Waals surface area contributed by atoms with Gasteiger partial charge >= 0.3 is 0 Å². The lowest BCUT2D eigenvalue weighted by molar-refractivity contribution is -0.384. The summed E-state index contributed by atoms with van der Waals surface area (Å²) in [6.45, 7) is 0.899. The number of carbonyl (C=O) groups is 1. The molecule has 2 heterocycles. The number of aromatic nitrogens is 1. The Morgan fingerprint density at radius 1 is 1.28 bits per heavy atom. The van der Waals surface area contributed by atoms with Crippen molar-refractivity contribution in [2.45, 2.75) is 13.0 Å². The van der Waals surface area contributed by atoms with Crippen LogP contribution in [0.1, 0.15) is 12.3 Å². The van der Waals surface area contributed by atoms with Gasteiger partial charge in [0, 0.05) is 25.1 Å². The minimum absolute atomic E-state index is 0.0257. The molecule has 0 aliphatic carbocycles. The Hall–Kier alpha value is -3.42. The molecule has 1 aliphatic heterocycles. The van der Waals surface area contributed by atoms with Crippen molar-refractivity contribution in [3.63, 3.8) is 0 Å². The lowest BCUT2D eigenvalue weighted by atomic mass is 10.2. The van der Waals surface area contributed by atoms with Crippen LogP contribution < -0.4 is 10.2 Å². The van der Waals surface area contributed by atoms with Gasteiger partial charge in [-0.15, -0.1) is 0 Å². The number of nitrogens with zero attached hydrogens (tertiary/aromatic N) is 3. The Morgan fingerprint density at radius 3 is 2.96 bits per heavy atom. The number of non-ortho nitro benzene ring substituents is 1. The monoisotopic (exact) mass is 338 g/mol. The molecule has 0 atom stereocenters. The first-order chi connectivity index (χ1) is 12.1. The third kappa shape index (κ3) is 2.89. The Kier molecular flexibility index (Phi) is 3.57. The number of hydrogen-bond acceptors (Lipinski definition) is 6. The van der Waals surface area contributed by atoms with Gasteiger partial charge in [-0.1, -0.05) is 12.1 Å². The molecule has 0 saturated heterocycles. The van der Waals surface area contributed by atoms with Crippen LogP contribution in [0.15, 0.2) is 46.9 Å². The van der Waals surface area contributed by atoms with E-state index in [0.29, 0.717) is 36.5 Å². The van der Waals surface area contributed by atoms with Crippen molar-refractivity contribution in [3.05, 3.63) is 58.5 Å². The number of benzene rings is 2. The quantitative estimate of drug-likeness (QED) is 0.581. The van der Waals surface area contributed by atoms with E-state index in [1.165, 1.54) is 12.1 Å². The molecule has 126 valence electrons. The number of nitro groups is 1. The van der Waals surface area contributed by atoms with E-state index in [9.17, 15) is 14.9 Å². The van der Waals surface area contributed by atoms with Gasteiger partial charge < -0.3 is 14.6 Å². The molecule has 0 fully saturated rings. The molecule has 0 unspecified atom stereocenters. The van der Waals surface area contributed by atoms with Crippen LogP contribution in [0.4, 0.5) is 17.1 Å². The van der Waals surface area contributed by atoms with E-state index in [1.807, 2.05) is 29.2 Å². The SMILES string of the molecule is O=C1CCN(Cc2nc3cc([N+](=O)[O-])ccc3o2)c2ccccc2N1. The normalized spacial score (nSPS) is 14.1. The Morgan fingerprint density at radius 2 is 2.12 bits per heavy atom. The summed E-state index contributed by atoms with van der Waals surface area (Å²) in [5.41, 5.74) is 2.56. The number of nitro benzene ring substituents is 1. The molecule has 25 heavy (non-hydrogen) atoms. The van der Waals surface area contributed by atoms with Gasteiger partial charge in [-0.3, -0.25) is 14.9 Å². The summed E-state index contributed by atoms with van der Waals surface area (Å²) < 4.78 is 5.71. The molecule has 1 aliphatic rings. The second-order valence-corrected chi connectivity index (χ2v) is 5.75. The van der Waals surface area contributed by atoms with Crippen molar-refractivity contribution < 1.29 is 14.1 Å². The van der Waals surface area contributed by atoms with Crippen LogP contribution in [0.5, 0.6) is 0 Å². The van der Waals surface area contributed by atoms with Crippen LogP contribution in [0.3, 0.4) is 0 Å². The molecule has 4 rings (SSSR count). The first kappa shape index (κ1) is 15.1. The van der Waals surface area contributed by atoms with Gasteiger partial charge in [0.2, 0.25) is 11.8 Å². The first-order valence-corrected chi connectivity index (χ1v) is 7.78. The predicted molar refractivity (Wildman–Crippen MR) is 91.4 cm³/mol. The first-order valence-electron chi connectivity index (χ1n) is 7.78. The van der Waals surface area contributed by atoms with Crippen molar-refractivity contribution in [3.8, 4) is 0 Å². The van der Waals surface area contributed by atoms with Gasteiger partial charge in [0.1, 0.15) is 5.52 Å². The van der Waals surface area contributed by atoms with Crippen molar-refractivity contribution in [2.24, 2.45) is 0 Å². The van der Waals surface area contributed by atoms with Crippen molar-refractivity contribution >= 4 is 34.1 Å². The van der Waals surface area contributed by atoms with E-state index >= 15 is 0 Å². The molecule has 0 saturated carbocycles. The average Bonchev–Trinajstić information content (AvgIpc) is 2.93. The zero-order valence-corrected chi connectivity index (χ0v) is 13.1. The van der Waals surface area contributed by atoms with Crippen LogP contribution in [-0.2, 0) is 11.3 Å².